The number of amides is 2. The summed E-state index contributed by atoms with van der Waals surface area (Å²) in [7, 11) is 0. The molecule has 0 bridgehead atoms. The molecule has 0 radical (unpaired) electrons. The highest BCUT2D eigenvalue weighted by Crippen LogP contribution is 2.31. The van der Waals surface area contributed by atoms with Crippen LogP contribution in [-0.4, -0.2) is 58.7 Å². The SMILES string of the molecule is O=C(Nc1ccc(Oc2ncccc2-c2ccnc(CCCCN3CCOCC3)n2)cc1)Nc1ccc2c(c1)CCC2. The predicted octanol–water partition coefficient (Wildman–Crippen LogP) is 6.12. The van der Waals surface area contributed by atoms with E-state index in [2.05, 4.69) is 37.6 Å². The van der Waals surface area contributed by atoms with Crippen LogP contribution in [0.4, 0.5) is 16.2 Å². The molecule has 3 heterocycles. The number of hydrogen-bond acceptors (Lipinski definition) is 7. The van der Waals surface area contributed by atoms with Crippen LogP contribution >= 0.6 is 0 Å². The molecule has 6 rings (SSSR count). The van der Waals surface area contributed by atoms with Gasteiger partial charge in [0, 0.05) is 43.3 Å². The molecule has 2 N–H and O–H groups in total. The van der Waals surface area contributed by atoms with Gasteiger partial charge < -0.3 is 20.1 Å². The maximum atomic E-state index is 12.6. The molecule has 1 aliphatic heterocycles. The molecule has 9 heteroatoms. The average Bonchev–Trinajstić information content (AvgIpc) is 3.49. The zero-order valence-electron chi connectivity index (χ0n) is 23.7. The molecule has 2 aromatic heterocycles. The third kappa shape index (κ3) is 7.29. The van der Waals surface area contributed by atoms with Gasteiger partial charge in [-0.05, 0) is 104 Å². The van der Waals surface area contributed by atoms with Crippen molar-refractivity contribution >= 4 is 17.4 Å². The zero-order valence-corrected chi connectivity index (χ0v) is 23.7. The van der Waals surface area contributed by atoms with Crippen LogP contribution in [0.5, 0.6) is 11.6 Å². The molecular weight excluding hydrogens is 528 g/mol. The van der Waals surface area contributed by atoms with E-state index in [0.717, 1.165) is 87.7 Å². The molecule has 9 nitrogen and oxygen atoms in total. The number of benzene rings is 2. The number of pyridine rings is 1. The number of aromatic nitrogens is 3. The number of anilines is 2. The van der Waals surface area contributed by atoms with Crippen LogP contribution in [0.1, 0.15) is 36.2 Å². The summed E-state index contributed by atoms with van der Waals surface area (Å²) in [5, 5.41) is 5.81. The summed E-state index contributed by atoms with van der Waals surface area (Å²) in [5.41, 5.74) is 5.74. The first-order chi connectivity index (χ1) is 20.7. The smallest absolute Gasteiger partial charge is 0.323 e. The van der Waals surface area contributed by atoms with Crippen molar-refractivity contribution in [1.82, 2.24) is 19.9 Å². The second-order valence-electron chi connectivity index (χ2n) is 10.7. The van der Waals surface area contributed by atoms with Gasteiger partial charge in [0.05, 0.1) is 24.5 Å². The number of nitrogens with one attached hydrogen (secondary N) is 2. The van der Waals surface area contributed by atoms with Gasteiger partial charge in [-0.1, -0.05) is 6.07 Å². The topological polar surface area (TPSA) is 102 Å². The van der Waals surface area contributed by atoms with Gasteiger partial charge >= 0.3 is 6.03 Å². The number of unbranched alkanes of at least 4 members (excludes halogenated alkanes) is 1. The lowest BCUT2D eigenvalue weighted by Crippen LogP contribution is -2.36. The van der Waals surface area contributed by atoms with E-state index in [9.17, 15) is 4.79 Å². The summed E-state index contributed by atoms with van der Waals surface area (Å²) in [6, 6.07) is 18.8. The fourth-order valence-electron chi connectivity index (χ4n) is 5.44. The molecule has 4 aromatic rings. The summed E-state index contributed by atoms with van der Waals surface area (Å²) in [6.07, 6.45) is 9.82. The molecule has 2 aliphatic rings. The molecule has 0 saturated carbocycles. The Morgan fingerprint density at radius 2 is 1.69 bits per heavy atom. The van der Waals surface area contributed by atoms with Crippen molar-refractivity contribution in [3.8, 4) is 22.9 Å². The van der Waals surface area contributed by atoms with Gasteiger partial charge in [0.15, 0.2) is 0 Å². The maximum absolute atomic E-state index is 12.6. The zero-order chi connectivity index (χ0) is 28.6. The first kappa shape index (κ1) is 27.8. The van der Waals surface area contributed by atoms with Crippen molar-refractivity contribution in [3.05, 3.63) is 90.0 Å². The Bertz CT molecular complexity index is 1500. The van der Waals surface area contributed by atoms with E-state index in [0.29, 0.717) is 17.3 Å². The fraction of sp³-hybridized carbons (Fsp3) is 0.333. The third-order valence-corrected chi connectivity index (χ3v) is 7.66. The lowest BCUT2D eigenvalue weighted by molar-refractivity contribution is 0.0372. The van der Waals surface area contributed by atoms with Crippen molar-refractivity contribution in [3.63, 3.8) is 0 Å². The number of urea groups is 1. The van der Waals surface area contributed by atoms with Crippen molar-refractivity contribution in [1.29, 1.82) is 0 Å². The Kier molecular flexibility index (Phi) is 8.97. The molecule has 2 amide bonds. The maximum Gasteiger partial charge on any atom is 0.323 e. The summed E-state index contributed by atoms with van der Waals surface area (Å²) < 4.78 is 11.6. The number of ether oxygens (including phenoxy) is 2. The number of carbonyl (C=O) groups is 1. The van der Waals surface area contributed by atoms with E-state index >= 15 is 0 Å². The minimum absolute atomic E-state index is 0.283. The molecule has 1 saturated heterocycles. The molecule has 0 atom stereocenters. The number of hydrogen-bond donors (Lipinski definition) is 2. The number of carbonyl (C=O) groups excluding carboxylic acids is 1. The molecule has 216 valence electrons. The minimum atomic E-state index is -0.283. The van der Waals surface area contributed by atoms with Crippen LogP contribution in [0.15, 0.2) is 73.1 Å². The summed E-state index contributed by atoms with van der Waals surface area (Å²) in [4.78, 5) is 28.8. The number of aryl methyl sites for hydroxylation is 3. The van der Waals surface area contributed by atoms with Crippen LogP contribution in [0.2, 0.25) is 0 Å². The van der Waals surface area contributed by atoms with Crippen LogP contribution in [0.3, 0.4) is 0 Å². The Morgan fingerprint density at radius 1 is 0.881 bits per heavy atom. The van der Waals surface area contributed by atoms with Crippen molar-refractivity contribution in [2.75, 3.05) is 43.5 Å². The molecule has 2 aromatic carbocycles. The summed E-state index contributed by atoms with van der Waals surface area (Å²) >= 11 is 0. The van der Waals surface area contributed by atoms with E-state index in [1.165, 1.54) is 17.5 Å². The quantitative estimate of drug-likeness (QED) is 0.224. The number of nitrogens with zero attached hydrogens (tertiary/aromatic N) is 4. The minimum Gasteiger partial charge on any atom is -0.438 e. The molecular formula is C33H36N6O3. The van der Waals surface area contributed by atoms with Crippen molar-refractivity contribution in [2.45, 2.75) is 38.5 Å². The van der Waals surface area contributed by atoms with Crippen LogP contribution in [0.25, 0.3) is 11.3 Å². The molecule has 1 fully saturated rings. The highest BCUT2D eigenvalue weighted by atomic mass is 16.5. The largest absolute Gasteiger partial charge is 0.438 e. The summed E-state index contributed by atoms with van der Waals surface area (Å²) in [6.45, 7) is 4.76. The number of fused-ring (bicyclic) bond motifs is 1. The monoisotopic (exact) mass is 564 g/mol. The molecule has 1 aliphatic carbocycles. The lowest BCUT2D eigenvalue weighted by atomic mass is 10.1. The number of rotatable bonds is 10. The van der Waals surface area contributed by atoms with Gasteiger partial charge in [-0.2, -0.15) is 0 Å². The third-order valence-electron chi connectivity index (χ3n) is 7.66. The van der Waals surface area contributed by atoms with Gasteiger partial charge in [-0.3, -0.25) is 4.90 Å². The van der Waals surface area contributed by atoms with E-state index < -0.39 is 0 Å². The van der Waals surface area contributed by atoms with Crippen LogP contribution in [0, 0.1) is 0 Å². The van der Waals surface area contributed by atoms with Gasteiger partial charge in [0.1, 0.15) is 11.6 Å². The van der Waals surface area contributed by atoms with Gasteiger partial charge in [-0.15, -0.1) is 0 Å². The van der Waals surface area contributed by atoms with Gasteiger partial charge in [0.2, 0.25) is 5.88 Å². The Hall–Kier alpha value is -4.34. The molecule has 0 spiro atoms. The van der Waals surface area contributed by atoms with E-state index in [1.54, 1.807) is 24.5 Å². The van der Waals surface area contributed by atoms with Crippen molar-refractivity contribution in [2.24, 2.45) is 0 Å². The predicted molar refractivity (Wildman–Crippen MR) is 163 cm³/mol. The Labute approximate surface area is 246 Å². The lowest BCUT2D eigenvalue weighted by Gasteiger charge is -2.26. The van der Waals surface area contributed by atoms with Gasteiger partial charge in [0.25, 0.3) is 0 Å². The molecule has 0 unspecified atom stereocenters. The normalized spacial score (nSPS) is 14.8. The van der Waals surface area contributed by atoms with Crippen LogP contribution < -0.4 is 15.4 Å². The summed E-state index contributed by atoms with van der Waals surface area (Å²) in [5.74, 6) is 1.89. The Balaban J connectivity index is 1.04. The van der Waals surface area contributed by atoms with Gasteiger partial charge in [-0.25, -0.2) is 19.7 Å². The van der Waals surface area contributed by atoms with E-state index in [1.807, 2.05) is 36.4 Å². The van der Waals surface area contributed by atoms with Crippen LogP contribution in [-0.2, 0) is 24.0 Å². The standard InChI is InChI=1S/C33H36N6O3/c40-33(37-27-10-9-24-5-3-6-25(24)23-27)36-26-11-13-28(14-12-26)42-32-29(7-4-16-35-32)30-15-17-34-31(38-30)8-1-2-18-39-19-21-41-22-20-39/h4,7,9-17,23H,1-3,5-6,8,18-22H2,(H2,36,37,40). The highest BCUT2D eigenvalue weighted by molar-refractivity contribution is 5.99. The first-order valence-corrected chi connectivity index (χ1v) is 14.7. The first-order valence-electron chi connectivity index (χ1n) is 14.7. The highest BCUT2D eigenvalue weighted by Gasteiger charge is 2.14. The van der Waals surface area contributed by atoms with Crippen molar-refractivity contribution < 1.29 is 14.3 Å². The average molecular weight is 565 g/mol. The molecule has 42 heavy (non-hydrogen) atoms. The second kappa shape index (κ2) is 13.5. The number of morpholine rings is 1. The second-order valence-corrected chi connectivity index (χ2v) is 10.7. The fourth-order valence-corrected chi connectivity index (χ4v) is 5.44. The Morgan fingerprint density at radius 3 is 2.57 bits per heavy atom. The van der Waals surface area contributed by atoms with E-state index in [-0.39, 0.29) is 6.03 Å². The van der Waals surface area contributed by atoms with E-state index in [4.69, 9.17) is 14.5 Å².